The third-order valence-electron chi connectivity index (χ3n) is 4.05. The van der Waals surface area contributed by atoms with E-state index in [-0.39, 0.29) is 12.3 Å². The molecule has 7 heteroatoms. The van der Waals surface area contributed by atoms with Crippen molar-refractivity contribution < 1.29 is 4.79 Å². The first-order chi connectivity index (χ1) is 12.7. The summed E-state index contributed by atoms with van der Waals surface area (Å²) in [6.07, 6.45) is 2.63. The van der Waals surface area contributed by atoms with Gasteiger partial charge in [-0.2, -0.15) is 0 Å². The molecule has 0 aliphatic rings. The van der Waals surface area contributed by atoms with Crippen molar-refractivity contribution in [2.24, 2.45) is 5.73 Å². The Morgan fingerprint density at radius 3 is 2.77 bits per heavy atom. The summed E-state index contributed by atoms with van der Waals surface area (Å²) in [6, 6.07) is 16.6. The number of thiazole rings is 1. The lowest BCUT2D eigenvalue weighted by Gasteiger charge is -2.00. The number of benzene rings is 2. The fourth-order valence-electron chi connectivity index (χ4n) is 2.77. The van der Waals surface area contributed by atoms with Gasteiger partial charge in [0.2, 0.25) is 5.91 Å². The summed E-state index contributed by atoms with van der Waals surface area (Å²) in [5.74, 6) is -0.333. The number of amides is 1. The Labute approximate surface area is 154 Å². The summed E-state index contributed by atoms with van der Waals surface area (Å²) in [5, 5.41) is 9.15. The zero-order valence-electron chi connectivity index (χ0n) is 14.0. The largest absolute Gasteiger partial charge is 0.370 e. The summed E-state index contributed by atoms with van der Waals surface area (Å²) in [4.78, 5) is 15.5. The minimum absolute atomic E-state index is 0.280. The van der Waals surface area contributed by atoms with Crippen LogP contribution in [0, 0.1) is 0 Å². The van der Waals surface area contributed by atoms with Gasteiger partial charge in [-0.05, 0) is 23.3 Å². The fraction of sp³-hybridized carbons (Fsp3) is 0.158. The number of nitrogens with two attached hydrogens (primary N) is 1. The maximum absolute atomic E-state index is 10.9. The van der Waals surface area contributed by atoms with Crippen LogP contribution in [0.2, 0.25) is 0 Å². The van der Waals surface area contributed by atoms with Gasteiger partial charge in [-0.3, -0.25) is 4.79 Å². The summed E-state index contributed by atoms with van der Waals surface area (Å²) in [7, 11) is 0. The molecule has 0 unspecified atom stereocenters. The first kappa shape index (κ1) is 16.4. The van der Waals surface area contributed by atoms with E-state index in [0.717, 1.165) is 20.9 Å². The molecule has 0 spiro atoms. The van der Waals surface area contributed by atoms with E-state index in [1.807, 2.05) is 24.4 Å². The highest BCUT2D eigenvalue weighted by Gasteiger charge is 2.09. The first-order valence-corrected chi connectivity index (χ1v) is 9.11. The molecule has 6 nitrogen and oxygen atoms in total. The number of carbonyl (C=O) groups excluding carboxylic acids is 1. The highest BCUT2D eigenvalue weighted by atomic mass is 32.1. The Bertz CT molecular complexity index is 1050. The number of fused-ring (bicyclic) bond motifs is 1. The van der Waals surface area contributed by atoms with Crippen LogP contribution in [0.25, 0.3) is 21.3 Å². The molecule has 26 heavy (non-hydrogen) atoms. The lowest BCUT2D eigenvalue weighted by atomic mass is 10.1. The zero-order valence-corrected chi connectivity index (χ0v) is 14.8. The molecule has 0 bridgehead atoms. The topological polar surface area (TPSA) is 86.7 Å². The monoisotopic (exact) mass is 363 g/mol. The second kappa shape index (κ2) is 7.05. The van der Waals surface area contributed by atoms with Gasteiger partial charge in [-0.25, -0.2) is 9.67 Å². The van der Waals surface area contributed by atoms with E-state index >= 15 is 0 Å². The van der Waals surface area contributed by atoms with Gasteiger partial charge < -0.3 is 5.73 Å². The minimum atomic E-state index is -0.333. The maximum Gasteiger partial charge on any atom is 0.217 e. The predicted octanol–water partition coefficient (Wildman–Crippen LogP) is 3.02. The van der Waals surface area contributed by atoms with E-state index in [1.54, 1.807) is 16.0 Å². The number of hydrogen-bond donors (Lipinski definition) is 1. The van der Waals surface area contributed by atoms with E-state index in [9.17, 15) is 4.79 Å². The molecule has 0 aliphatic carbocycles. The van der Waals surface area contributed by atoms with Crippen LogP contribution >= 0.6 is 11.3 Å². The molecule has 0 radical (unpaired) electrons. The summed E-state index contributed by atoms with van der Waals surface area (Å²) < 4.78 is 2.89. The van der Waals surface area contributed by atoms with Crippen molar-refractivity contribution in [2.75, 3.05) is 0 Å². The number of aryl methyl sites for hydroxylation is 1. The van der Waals surface area contributed by atoms with E-state index in [1.165, 1.54) is 11.1 Å². The lowest BCUT2D eigenvalue weighted by Crippen LogP contribution is -2.11. The van der Waals surface area contributed by atoms with Crippen molar-refractivity contribution in [3.63, 3.8) is 0 Å². The zero-order chi connectivity index (χ0) is 17.9. The quantitative estimate of drug-likeness (QED) is 0.570. The average Bonchev–Trinajstić information content (AvgIpc) is 3.26. The van der Waals surface area contributed by atoms with Crippen molar-refractivity contribution in [3.8, 4) is 11.1 Å². The standard InChI is InChI=1S/C19H17N5OS/c20-18(25)9-7-15-11-24(23-22-15)12-19-21-16-8-6-14(10-17(16)26-19)13-4-2-1-3-5-13/h1-6,8,10-11H,7,9,12H2,(H2,20,25). The highest BCUT2D eigenvalue weighted by Crippen LogP contribution is 2.28. The van der Waals surface area contributed by atoms with Gasteiger partial charge in [0.15, 0.2) is 0 Å². The van der Waals surface area contributed by atoms with Crippen molar-refractivity contribution >= 4 is 27.5 Å². The van der Waals surface area contributed by atoms with E-state index in [2.05, 4.69) is 45.6 Å². The van der Waals surface area contributed by atoms with Crippen LogP contribution in [0.4, 0.5) is 0 Å². The molecular formula is C19H17N5OS. The second-order valence-corrected chi connectivity index (χ2v) is 7.15. The van der Waals surface area contributed by atoms with Crippen LogP contribution in [0.15, 0.2) is 54.7 Å². The maximum atomic E-state index is 10.9. The van der Waals surface area contributed by atoms with Crippen molar-refractivity contribution in [3.05, 3.63) is 65.4 Å². The van der Waals surface area contributed by atoms with E-state index in [0.29, 0.717) is 13.0 Å². The summed E-state index contributed by atoms with van der Waals surface area (Å²) >= 11 is 1.65. The molecular weight excluding hydrogens is 346 g/mol. The Balaban J connectivity index is 1.53. The van der Waals surface area contributed by atoms with Crippen LogP contribution in [-0.2, 0) is 17.8 Å². The molecule has 2 heterocycles. The fourth-order valence-corrected chi connectivity index (χ4v) is 3.77. The van der Waals surface area contributed by atoms with E-state index < -0.39 is 0 Å². The third-order valence-corrected chi connectivity index (χ3v) is 5.05. The molecule has 1 amide bonds. The minimum Gasteiger partial charge on any atom is -0.370 e. The third kappa shape index (κ3) is 3.62. The Morgan fingerprint density at radius 2 is 1.96 bits per heavy atom. The van der Waals surface area contributed by atoms with Gasteiger partial charge in [0, 0.05) is 19.0 Å². The molecule has 4 rings (SSSR count). The van der Waals surface area contributed by atoms with Crippen molar-refractivity contribution in [1.29, 1.82) is 0 Å². The average molecular weight is 363 g/mol. The number of nitrogens with zero attached hydrogens (tertiary/aromatic N) is 4. The van der Waals surface area contributed by atoms with Gasteiger partial charge in [0.05, 0.1) is 22.5 Å². The number of rotatable bonds is 6. The predicted molar refractivity (Wildman–Crippen MR) is 102 cm³/mol. The Kier molecular flexibility index (Phi) is 4.45. The van der Waals surface area contributed by atoms with Crippen LogP contribution in [0.3, 0.4) is 0 Å². The lowest BCUT2D eigenvalue weighted by molar-refractivity contribution is -0.118. The molecule has 2 aromatic heterocycles. The number of primary amides is 1. The van der Waals surface area contributed by atoms with Crippen molar-refractivity contribution in [1.82, 2.24) is 20.0 Å². The van der Waals surface area contributed by atoms with Crippen molar-refractivity contribution in [2.45, 2.75) is 19.4 Å². The first-order valence-electron chi connectivity index (χ1n) is 8.29. The molecule has 0 aliphatic heterocycles. The van der Waals surface area contributed by atoms with Gasteiger partial charge in [0.25, 0.3) is 0 Å². The normalized spacial score (nSPS) is 11.1. The molecule has 2 aromatic carbocycles. The molecule has 0 fully saturated rings. The molecule has 0 saturated heterocycles. The second-order valence-electron chi connectivity index (χ2n) is 6.03. The van der Waals surface area contributed by atoms with Gasteiger partial charge in [-0.15, -0.1) is 16.4 Å². The van der Waals surface area contributed by atoms with Crippen LogP contribution < -0.4 is 5.73 Å². The van der Waals surface area contributed by atoms with Crippen LogP contribution in [-0.4, -0.2) is 25.9 Å². The molecule has 4 aromatic rings. The number of aromatic nitrogens is 4. The Morgan fingerprint density at radius 1 is 1.12 bits per heavy atom. The van der Waals surface area contributed by atoms with Gasteiger partial charge in [-0.1, -0.05) is 41.6 Å². The smallest absolute Gasteiger partial charge is 0.217 e. The number of carbonyl (C=O) groups is 1. The molecule has 0 saturated carbocycles. The molecule has 0 atom stereocenters. The summed E-state index contributed by atoms with van der Waals surface area (Å²) in [6.45, 7) is 0.559. The SMILES string of the molecule is NC(=O)CCc1cn(Cc2nc3ccc(-c4ccccc4)cc3s2)nn1. The van der Waals surface area contributed by atoms with E-state index in [4.69, 9.17) is 5.73 Å². The summed E-state index contributed by atoms with van der Waals surface area (Å²) in [5.41, 5.74) is 9.29. The van der Waals surface area contributed by atoms with Crippen LogP contribution in [0.1, 0.15) is 17.1 Å². The molecule has 2 N–H and O–H groups in total. The molecule has 130 valence electrons. The number of hydrogen-bond acceptors (Lipinski definition) is 5. The van der Waals surface area contributed by atoms with Gasteiger partial charge >= 0.3 is 0 Å². The van der Waals surface area contributed by atoms with Crippen LogP contribution in [0.5, 0.6) is 0 Å². The Hall–Kier alpha value is -3.06. The van der Waals surface area contributed by atoms with Gasteiger partial charge in [0.1, 0.15) is 5.01 Å². The highest BCUT2D eigenvalue weighted by molar-refractivity contribution is 7.18.